The van der Waals surface area contributed by atoms with Crippen LogP contribution in [-0.2, 0) is 20.9 Å². The molecule has 1 aromatic heterocycles. The van der Waals surface area contributed by atoms with Crippen molar-refractivity contribution in [1.29, 1.82) is 0 Å². The van der Waals surface area contributed by atoms with Crippen LogP contribution in [0.3, 0.4) is 0 Å². The summed E-state index contributed by atoms with van der Waals surface area (Å²) in [6, 6.07) is 3.36. The van der Waals surface area contributed by atoms with Crippen LogP contribution >= 0.6 is 0 Å². The van der Waals surface area contributed by atoms with E-state index in [-0.39, 0.29) is 19.0 Å². The number of nitrogens with one attached hydrogen (secondary N) is 3. The number of hydrogen-bond acceptors (Lipinski definition) is 4. The highest BCUT2D eigenvalue weighted by Crippen LogP contribution is 1.97. The van der Waals surface area contributed by atoms with Crippen molar-refractivity contribution >= 4 is 17.7 Å². The summed E-state index contributed by atoms with van der Waals surface area (Å²) in [6.45, 7) is 2.37. The van der Waals surface area contributed by atoms with Gasteiger partial charge in [-0.1, -0.05) is 6.92 Å². The lowest BCUT2D eigenvalue weighted by molar-refractivity contribution is -0.139. The molecule has 7 nitrogen and oxygen atoms in total. The van der Waals surface area contributed by atoms with E-state index in [2.05, 4.69) is 16.0 Å². The Morgan fingerprint density at radius 1 is 1.16 bits per heavy atom. The molecule has 104 valence electrons. The molecule has 0 atom stereocenters. The second-order valence-electron chi connectivity index (χ2n) is 3.79. The van der Waals surface area contributed by atoms with Crippen LogP contribution in [0.5, 0.6) is 0 Å². The molecule has 0 aliphatic rings. The summed E-state index contributed by atoms with van der Waals surface area (Å²) in [6.07, 6.45) is 2.28. The molecule has 3 N–H and O–H groups in total. The van der Waals surface area contributed by atoms with Gasteiger partial charge in [-0.15, -0.1) is 0 Å². The zero-order valence-electron chi connectivity index (χ0n) is 10.7. The minimum Gasteiger partial charge on any atom is -0.467 e. The molecule has 0 unspecified atom stereocenters. The van der Waals surface area contributed by atoms with Gasteiger partial charge in [0.2, 0.25) is 5.91 Å². The van der Waals surface area contributed by atoms with Crippen LogP contribution < -0.4 is 16.0 Å². The molecule has 7 heteroatoms. The standard InChI is InChI=1S/C12H17N3O4/c1-2-5-13-10(16)8-15-12(18)11(17)14-7-9-4-3-6-19-9/h3-4,6H,2,5,7-8H2,1H3,(H,13,16)(H,14,17)(H,15,18). The van der Waals surface area contributed by atoms with E-state index >= 15 is 0 Å². The summed E-state index contributed by atoms with van der Waals surface area (Å²) in [5, 5.41) is 7.18. The highest BCUT2D eigenvalue weighted by Gasteiger charge is 2.14. The highest BCUT2D eigenvalue weighted by atomic mass is 16.3. The van der Waals surface area contributed by atoms with Gasteiger partial charge in [0.15, 0.2) is 0 Å². The van der Waals surface area contributed by atoms with Gasteiger partial charge in [-0.25, -0.2) is 0 Å². The summed E-state index contributed by atoms with van der Waals surface area (Å²) in [5.41, 5.74) is 0. The predicted molar refractivity (Wildman–Crippen MR) is 66.9 cm³/mol. The van der Waals surface area contributed by atoms with E-state index in [9.17, 15) is 14.4 Å². The Balaban J connectivity index is 2.21. The van der Waals surface area contributed by atoms with E-state index in [0.29, 0.717) is 12.3 Å². The van der Waals surface area contributed by atoms with Gasteiger partial charge in [0.05, 0.1) is 19.4 Å². The minimum absolute atomic E-state index is 0.126. The van der Waals surface area contributed by atoms with E-state index in [0.717, 1.165) is 6.42 Å². The Labute approximate surface area is 110 Å². The first-order valence-corrected chi connectivity index (χ1v) is 5.98. The number of furan rings is 1. The molecular formula is C12H17N3O4. The van der Waals surface area contributed by atoms with Crippen molar-refractivity contribution in [3.05, 3.63) is 24.2 Å². The molecule has 0 spiro atoms. The Bertz CT molecular complexity index is 428. The molecule has 0 aliphatic heterocycles. The third-order valence-electron chi connectivity index (χ3n) is 2.19. The van der Waals surface area contributed by atoms with Crippen LogP contribution in [0.1, 0.15) is 19.1 Å². The summed E-state index contributed by atoms with van der Waals surface area (Å²) in [4.78, 5) is 33.9. The first-order valence-electron chi connectivity index (χ1n) is 5.98. The van der Waals surface area contributed by atoms with Crippen LogP contribution in [0.15, 0.2) is 22.8 Å². The average Bonchev–Trinajstić information content (AvgIpc) is 2.92. The van der Waals surface area contributed by atoms with Crippen LogP contribution in [0.25, 0.3) is 0 Å². The fourth-order valence-corrected chi connectivity index (χ4v) is 1.23. The number of carbonyl (C=O) groups excluding carboxylic acids is 3. The topological polar surface area (TPSA) is 100 Å². The van der Waals surface area contributed by atoms with Crippen molar-refractivity contribution in [2.24, 2.45) is 0 Å². The van der Waals surface area contributed by atoms with Gasteiger partial charge in [0.25, 0.3) is 0 Å². The van der Waals surface area contributed by atoms with Crippen molar-refractivity contribution in [1.82, 2.24) is 16.0 Å². The molecule has 0 bridgehead atoms. The van der Waals surface area contributed by atoms with Crippen LogP contribution in [0, 0.1) is 0 Å². The maximum atomic E-state index is 11.4. The number of amides is 3. The molecule has 0 saturated heterocycles. The lowest BCUT2D eigenvalue weighted by atomic mass is 10.4. The molecule has 0 aromatic carbocycles. The Hall–Kier alpha value is -2.31. The van der Waals surface area contributed by atoms with Crippen molar-refractivity contribution in [2.75, 3.05) is 13.1 Å². The van der Waals surface area contributed by atoms with Gasteiger partial charge in [0, 0.05) is 6.54 Å². The summed E-state index contributed by atoms with van der Waals surface area (Å²) < 4.78 is 5.00. The molecule has 3 amide bonds. The Morgan fingerprint density at radius 2 is 1.89 bits per heavy atom. The van der Waals surface area contributed by atoms with E-state index < -0.39 is 11.8 Å². The zero-order chi connectivity index (χ0) is 14.1. The average molecular weight is 267 g/mol. The number of carbonyl (C=O) groups is 3. The van der Waals surface area contributed by atoms with Crippen LogP contribution in [0.2, 0.25) is 0 Å². The molecule has 1 heterocycles. The SMILES string of the molecule is CCCNC(=O)CNC(=O)C(=O)NCc1ccco1. The molecule has 0 aliphatic carbocycles. The normalized spacial score (nSPS) is 9.74. The number of rotatable bonds is 6. The summed E-state index contributed by atoms with van der Waals surface area (Å²) >= 11 is 0. The van der Waals surface area contributed by atoms with Crippen molar-refractivity contribution < 1.29 is 18.8 Å². The maximum Gasteiger partial charge on any atom is 0.309 e. The van der Waals surface area contributed by atoms with Crippen molar-refractivity contribution in [2.45, 2.75) is 19.9 Å². The smallest absolute Gasteiger partial charge is 0.309 e. The molecule has 19 heavy (non-hydrogen) atoms. The molecule has 1 rings (SSSR count). The van der Waals surface area contributed by atoms with Crippen LogP contribution in [0.4, 0.5) is 0 Å². The fourth-order valence-electron chi connectivity index (χ4n) is 1.23. The van der Waals surface area contributed by atoms with E-state index in [1.807, 2.05) is 6.92 Å². The van der Waals surface area contributed by atoms with Crippen molar-refractivity contribution in [3.8, 4) is 0 Å². The van der Waals surface area contributed by atoms with E-state index in [4.69, 9.17) is 4.42 Å². The molecule has 0 saturated carbocycles. The largest absolute Gasteiger partial charge is 0.467 e. The fraction of sp³-hybridized carbons (Fsp3) is 0.417. The van der Waals surface area contributed by atoms with Gasteiger partial charge in [-0.3, -0.25) is 14.4 Å². The van der Waals surface area contributed by atoms with Crippen molar-refractivity contribution in [3.63, 3.8) is 0 Å². The maximum absolute atomic E-state index is 11.4. The quantitative estimate of drug-likeness (QED) is 0.607. The lowest BCUT2D eigenvalue weighted by Gasteiger charge is -2.06. The highest BCUT2D eigenvalue weighted by molar-refractivity contribution is 6.35. The van der Waals surface area contributed by atoms with E-state index in [1.165, 1.54) is 6.26 Å². The van der Waals surface area contributed by atoms with Gasteiger partial charge >= 0.3 is 11.8 Å². The molecule has 0 fully saturated rings. The summed E-state index contributed by atoms with van der Waals surface area (Å²) in [7, 11) is 0. The Kier molecular flexibility index (Phi) is 6.14. The first kappa shape index (κ1) is 14.7. The van der Waals surface area contributed by atoms with Gasteiger partial charge < -0.3 is 20.4 Å². The zero-order valence-corrected chi connectivity index (χ0v) is 10.7. The molecule has 1 aromatic rings. The summed E-state index contributed by atoms with van der Waals surface area (Å²) in [5.74, 6) is -1.44. The lowest BCUT2D eigenvalue weighted by Crippen LogP contribution is -2.44. The number of hydrogen-bond donors (Lipinski definition) is 3. The second-order valence-corrected chi connectivity index (χ2v) is 3.79. The molecule has 0 radical (unpaired) electrons. The van der Waals surface area contributed by atoms with E-state index in [1.54, 1.807) is 12.1 Å². The predicted octanol–water partition coefficient (Wildman–Crippen LogP) is -0.462. The third kappa shape index (κ3) is 5.71. The van der Waals surface area contributed by atoms with Gasteiger partial charge in [0.1, 0.15) is 5.76 Å². The monoisotopic (exact) mass is 267 g/mol. The second kappa shape index (κ2) is 7.91. The van der Waals surface area contributed by atoms with Gasteiger partial charge in [-0.2, -0.15) is 0 Å². The first-order chi connectivity index (χ1) is 9.13. The van der Waals surface area contributed by atoms with Crippen LogP contribution in [-0.4, -0.2) is 30.8 Å². The molecular weight excluding hydrogens is 250 g/mol. The Morgan fingerprint density at radius 3 is 2.53 bits per heavy atom. The van der Waals surface area contributed by atoms with Gasteiger partial charge in [-0.05, 0) is 18.6 Å². The third-order valence-corrected chi connectivity index (χ3v) is 2.19. The minimum atomic E-state index is -0.849.